The first-order chi connectivity index (χ1) is 9.47. The Labute approximate surface area is 126 Å². The molecule has 0 saturated heterocycles. The summed E-state index contributed by atoms with van der Waals surface area (Å²) in [6.45, 7) is 6.21. The average molecular weight is 330 g/mol. The van der Waals surface area contributed by atoms with E-state index in [-0.39, 0.29) is 0 Å². The van der Waals surface area contributed by atoms with E-state index < -0.39 is 0 Å². The fraction of sp³-hybridized carbons (Fsp3) is 0.188. The second kappa shape index (κ2) is 4.63. The van der Waals surface area contributed by atoms with E-state index in [0.29, 0.717) is 5.82 Å². The van der Waals surface area contributed by atoms with Crippen molar-refractivity contribution in [2.75, 3.05) is 5.73 Å². The van der Waals surface area contributed by atoms with E-state index in [1.54, 1.807) is 0 Å². The van der Waals surface area contributed by atoms with Crippen molar-refractivity contribution in [1.82, 2.24) is 9.38 Å². The maximum absolute atomic E-state index is 6.31. The first kappa shape index (κ1) is 13.2. The van der Waals surface area contributed by atoms with Gasteiger partial charge in [0.1, 0.15) is 17.2 Å². The van der Waals surface area contributed by atoms with Gasteiger partial charge in [0, 0.05) is 16.2 Å². The number of nitrogen functional groups attached to an aromatic ring is 1. The maximum atomic E-state index is 6.31. The Bertz CT molecular complexity index is 818. The monoisotopic (exact) mass is 329 g/mol. The van der Waals surface area contributed by atoms with Gasteiger partial charge in [-0.15, -0.1) is 0 Å². The number of aromatic nitrogens is 2. The topological polar surface area (TPSA) is 43.3 Å². The summed E-state index contributed by atoms with van der Waals surface area (Å²) in [5, 5.41) is 0. The molecule has 102 valence electrons. The fourth-order valence-corrected chi connectivity index (χ4v) is 3.02. The van der Waals surface area contributed by atoms with Gasteiger partial charge >= 0.3 is 0 Å². The summed E-state index contributed by atoms with van der Waals surface area (Å²) in [6, 6.07) is 8.40. The summed E-state index contributed by atoms with van der Waals surface area (Å²) < 4.78 is 2.94. The smallest absolute Gasteiger partial charge is 0.142 e. The molecule has 20 heavy (non-hydrogen) atoms. The lowest BCUT2D eigenvalue weighted by atomic mass is 10.0. The van der Waals surface area contributed by atoms with Crippen molar-refractivity contribution in [2.45, 2.75) is 20.8 Å². The van der Waals surface area contributed by atoms with Crippen LogP contribution in [0.15, 0.2) is 34.9 Å². The average Bonchev–Trinajstić information content (AvgIpc) is 2.71. The third-order valence-electron chi connectivity index (χ3n) is 3.56. The largest absolute Gasteiger partial charge is 0.383 e. The number of rotatable bonds is 1. The molecule has 1 aromatic carbocycles. The van der Waals surface area contributed by atoms with Gasteiger partial charge in [-0.25, -0.2) is 4.98 Å². The SMILES string of the molecule is Cc1ccc(C)c(-c2nc3c(C)cc(Br)cn3c2N)c1. The van der Waals surface area contributed by atoms with Crippen LogP contribution in [-0.2, 0) is 0 Å². The molecular weight excluding hydrogens is 314 g/mol. The first-order valence-electron chi connectivity index (χ1n) is 6.48. The molecule has 0 amide bonds. The van der Waals surface area contributed by atoms with Crippen LogP contribution in [0.4, 0.5) is 5.82 Å². The number of nitrogens with two attached hydrogens (primary N) is 1. The van der Waals surface area contributed by atoms with Gasteiger partial charge in [-0.3, -0.25) is 4.40 Å². The highest BCUT2D eigenvalue weighted by atomic mass is 79.9. The third-order valence-corrected chi connectivity index (χ3v) is 3.99. The van der Waals surface area contributed by atoms with Gasteiger partial charge in [0.2, 0.25) is 0 Å². The second-order valence-electron chi connectivity index (χ2n) is 5.20. The Morgan fingerprint density at radius 3 is 2.60 bits per heavy atom. The van der Waals surface area contributed by atoms with Crippen LogP contribution < -0.4 is 5.73 Å². The molecule has 2 N–H and O–H groups in total. The zero-order valence-corrected chi connectivity index (χ0v) is 13.3. The number of halogens is 1. The summed E-state index contributed by atoms with van der Waals surface area (Å²) in [7, 11) is 0. The summed E-state index contributed by atoms with van der Waals surface area (Å²) in [5.41, 5.74) is 12.7. The van der Waals surface area contributed by atoms with Crippen molar-refractivity contribution < 1.29 is 0 Å². The quantitative estimate of drug-likeness (QED) is 0.724. The fourth-order valence-electron chi connectivity index (χ4n) is 2.48. The van der Waals surface area contributed by atoms with Crippen LogP contribution >= 0.6 is 15.9 Å². The lowest BCUT2D eigenvalue weighted by Crippen LogP contribution is -1.96. The first-order valence-corrected chi connectivity index (χ1v) is 7.28. The summed E-state index contributed by atoms with van der Waals surface area (Å²) in [4.78, 5) is 4.74. The number of fused-ring (bicyclic) bond motifs is 1. The van der Waals surface area contributed by atoms with Crippen molar-refractivity contribution in [2.24, 2.45) is 0 Å². The number of benzene rings is 1. The Balaban J connectivity index is 2.35. The molecule has 2 heterocycles. The highest BCUT2D eigenvalue weighted by Gasteiger charge is 2.15. The van der Waals surface area contributed by atoms with Crippen LogP contribution in [0.1, 0.15) is 16.7 Å². The summed E-state index contributed by atoms with van der Waals surface area (Å²) >= 11 is 3.50. The van der Waals surface area contributed by atoms with Gasteiger partial charge in [0.15, 0.2) is 0 Å². The van der Waals surface area contributed by atoms with E-state index in [1.807, 2.05) is 17.5 Å². The van der Waals surface area contributed by atoms with Crippen molar-refractivity contribution >= 4 is 27.4 Å². The molecule has 4 heteroatoms. The van der Waals surface area contributed by atoms with Crippen molar-refractivity contribution in [3.63, 3.8) is 0 Å². The van der Waals surface area contributed by atoms with Gasteiger partial charge in [-0.2, -0.15) is 0 Å². The summed E-state index contributed by atoms with van der Waals surface area (Å²) in [6.07, 6.45) is 1.96. The molecule has 0 radical (unpaired) electrons. The van der Waals surface area contributed by atoms with Crippen LogP contribution in [0.2, 0.25) is 0 Å². The number of imidazole rings is 1. The molecule has 0 aliphatic carbocycles. The normalized spacial score (nSPS) is 11.2. The molecule has 0 fully saturated rings. The Hall–Kier alpha value is -1.81. The Kier molecular flexibility index (Phi) is 3.05. The van der Waals surface area contributed by atoms with E-state index in [0.717, 1.165) is 26.9 Å². The molecule has 3 nitrogen and oxygen atoms in total. The van der Waals surface area contributed by atoms with E-state index in [9.17, 15) is 0 Å². The molecule has 0 bridgehead atoms. The maximum Gasteiger partial charge on any atom is 0.142 e. The van der Waals surface area contributed by atoms with Gasteiger partial charge in [-0.1, -0.05) is 17.7 Å². The molecule has 3 rings (SSSR count). The molecule has 0 saturated carbocycles. The minimum absolute atomic E-state index is 0.679. The lowest BCUT2D eigenvalue weighted by molar-refractivity contribution is 1.16. The highest BCUT2D eigenvalue weighted by molar-refractivity contribution is 9.10. The molecule has 0 aliphatic rings. The van der Waals surface area contributed by atoms with Crippen LogP contribution in [0.3, 0.4) is 0 Å². The standard InChI is InChI=1S/C16H16BrN3/c1-9-4-5-10(2)13(6-9)14-15(18)20-8-12(17)7-11(3)16(20)19-14/h4-8H,18H2,1-3H3. The predicted octanol–water partition coefficient (Wildman–Crippen LogP) is 4.27. The number of pyridine rings is 1. The van der Waals surface area contributed by atoms with Crippen LogP contribution in [0.5, 0.6) is 0 Å². The molecule has 0 aliphatic heterocycles. The number of hydrogen-bond acceptors (Lipinski definition) is 2. The Morgan fingerprint density at radius 1 is 1.10 bits per heavy atom. The van der Waals surface area contributed by atoms with Gasteiger partial charge in [-0.05, 0) is 60.0 Å². The molecule has 2 aromatic heterocycles. The predicted molar refractivity (Wildman–Crippen MR) is 87.0 cm³/mol. The molecule has 3 aromatic rings. The van der Waals surface area contributed by atoms with Crippen LogP contribution in [0.25, 0.3) is 16.9 Å². The number of nitrogens with zero attached hydrogens (tertiary/aromatic N) is 2. The number of hydrogen-bond donors (Lipinski definition) is 1. The Morgan fingerprint density at radius 2 is 1.85 bits per heavy atom. The van der Waals surface area contributed by atoms with Gasteiger partial charge < -0.3 is 5.73 Å². The molecule has 0 atom stereocenters. The second-order valence-corrected chi connectivity index (χ2v) is 6.11. The number of aryl methyl sites for hydroxylation is 3. The highest BCUT2D eigenvalue weighted by Crippen LogP contribution is 2.31. The lowest BCUT2D eigenvalue weighted by Gasteiger charge is -2.05. The third kappa shape index (κ3) is 2.00. The summed E-state index contributed by atoms with van der Waals surface area (Å²) in [5.74, 6) is 0.679. The van der Waals surface area contributed by atoms with Crippen LogP contribution in [0, 0.1) is 20.8 Å². The van der Waals surface area contributed by atoms with E-state index in [4.69, 9.17) is 10.7 Å². The van der Waals surface area contributed by atoms with Gasteiger partial charge in [0.05, 0.1) is 0 Å². The molecular formula is C16H16BrN3. The van der Waals surface area contributed by atoms with Gasteiger partial charge in [0.25, 0.3) is 0 Å². The van der Waals surface area contributed by atoms with E-state index >= 15 is 0 Å². The van der Waals surface area contributed by atoms with E-state index in [2.05, 4.69) is 54.0 Å². The van der Waals surface area contributed by atoms with Crippen LogP contribution in [-0.4, -0.2) is 9.38 Å². The minimum atomic E-state index is 0.679. The van der Waals surface area contributed by atoms with Crippen molar-refractivity contribution in [3.8, 4) is 11.3 Å². The van der Waals surface area contributed by atoms with Crippen molar-refractivity contribution in [1.29, 1.82) is 0 Å². The zero-order chi connectivity index (χ0) is 14.4. The minimum Gasteiger partial charge on any atom is -0.383 e. The molecule has 0 spiro atoms. The molecule has 0 unspecified atom stereocenters. The zero-order valence-electron chi connectivity index (χ0n) is 11.7. The van der Waals surface area contributed by atoms with Crippen molar-refractivity contribution in [3.05, 3.63) is 51.6 Å². The number of anilines is 1. The van der Waals surface area contributed by atoms with E-state index in [1.165, 1.54) is 11.1 Å².